The SMILES string of the molecule is O=S1(=O)CCCC1CC1C(O)CC2CCC1N2. The van der Waals surface area contributed by atoms with Gasteiger partial charge in [0.2, 0.25) is 0 Å². The molecule has 0 amide bonds. The molecule has 2 N–H and O–H groups in total. The van der Waals surface area contributed by atoms with Gasteiger partial charge in [-0.2, -0.15) is 0 Å². The molecule has 3 saturated heterocycles. The Hall–Kier alpha value is -0.130. The highest BCUT2D eigenvalue weighted by Crippen LogP contribution is 2.37. The van der Waals surface area contributed by atoms with Crippen molar-refractivity contribution in [3.8, 4) is 0 Å². The van der Waals surface area contributed by atoms with Crippen LogP contribution in [0.1, 0.15) is 38.5 Å². The van der Waals surface area contributed by atoms with E-state index in [0.29, 0.717) is 24.3 Å². The van der Waals surface area contributed by atoms with Crippen molar-refractivity contribution >= 4 is 9.84 Å². The molecule has 3 heterocycles. The predicted molar refractivity (Wildman–Crippen MR) is 65.5 cm³/mol. The number of aliphatic hydroxyl groups excluding tert-OH is 1. The molecule has 0 radical (unpaired) electrons. The lowest BCUT2D eigenvalue weighted by molar-refractivity contribution is 0.0474. The number of nitrogens with one attached hydrogen (secondary N) is 1. The molecule has 3 aliphatic heterocycles. The van der Waals surface area contributed by atoms with Crippen molar-refractivity contribution in [3.63, 3.8) is 0 Å². The zero-order chi connectivity index (χ0) is 12.0. The fourth-order valence-corrected chi connectivity index (χ4v) is 5.80. The van der Waals surface area contributed by atoms with Gasteiger partial charge in [0, 0.05) is 18.0 Å². The first-order valence-electron chi connectivity index (χ1n) is 6.72. The third-order valence-electron chi connectivity index (χ3n) is 4.81. The van der Waals surface area contributed by atoms with E-state index < -0.39 is 9.84 Å². The van der Waals surface area contributed by atoms with Gasteiger partial charge in [-0.3, -0.25) is 0 Å². The van der Waals surface area contributed by atoms with Gasteiger partial charge in [0.1, 0.15) is 0 Å². The topological polar surface area (TPSA) is 66.4 Å². The van der Waals surface area contributed by atoms with E-state index in [-0.39, 0.29) is 17.3 Å². The summed E-state index contributed by atoms with van der Waals surface area (Å²) in [6.45, 7) is 0. The van der Waals surface area contributed by atoms with E-state index in [1.807, 2.05) is 0 Å². The first kappa shape index (κ1) is 11.9. The molecule has 3 fully saturated rings. The number of rotatable bonds is 2. The van der Waals surface area contributed by atoms with Gasteiger partial charge in [-0.25, -0.2) is 8.42 Å². The van der Waals surface area contributed by atoms with Crippen LogP contribution in [0.25, 0.3) is 0 Å². The molecule has 2 bridgehead atoms. The molecule has 4 nitrogen and oxygen atoms in total. The maximum absolute atomic E-state index is 11.8. The Labute approximate surface area is 103 Å². The Morgan fingerprint density at radius 2 is 2.06 bits per heavy atom. The van der Waals surface area contributed by atoms with Crippen LogP contribution < -0.4 is 5.32 Å². The predicted octanol–water partition coefficient (Wildman–Crippen LogP) is 0.455. The molecule has 5 atom stereocenters. The number of hydrogen-bond donors (Lipinski definition) is 2. The second-order valence-corrected chi connectivity index (χ2v) is 8.28. The highest BCUT2D eigenvalue weighted by molar-refractivity contribution is 7.92. The van der Waals surface area contributed by atoms with Crippen molar-refractivity contribution in [2.45, 2.75) is 62.0 Å². The first-order valence-corrected chi connectivity index (χ1v) is 8.43. The van der Waals surface area contributed by atoms with Crippen LogP contribution in [-0.4, -0.2) is 42.7 Å². The summed E-state index contributed by atoms with van der Waals surface area (Å²) in [6, 6.07) is 0.811. The van der Waals surface area contributed by atoms with Gasteiger partial charge < -0.3 is 10.4 Å². The zero-order valence-corrected chi connectivity index (χ0v) is 10.8. The van der Waals surface area contributed by atoms with Gasteiger partial charge in [-0.05, 0) is 38.5 Å². The normalized spacial score (nSPS) is 48.4. The van der Waals surface area contributed by atoms with Crippen LogP contribution in [0.4, 0.5) is 0 Å². The molecule has 17 heavy (non-hydrogen) atoms. The minimum atomic E-state index is -2.87. The third-order valence-corrected chi connectivity index (χ3v) is 7.11. The average molecular weight is 259 g/mol. The van der Waals surface area contributed by atoms with Crippen molar-refractivity contribution in [1.82, 2.24) is 5.32 Å². The zero-order valence-electron chi connectivity index (χ0n) is 10.0. The van der Waals surface area contributed by atoms with Crippen LogP contribution in [0.5, 0.6) is 0 Å². The molecule has 3 aliphatic rings. The van der Waals surface area contributed by atoms with Gasteiger partial charge in [0.15, 0.2) is 9.84 Å². The molecule has 0 aromatic carbocycles. The van der Waals surface area contributed by atoms with E-state index in [9.17, 15) is 13.5 Å². The molecule has 0 aromatic rings. The molecule has 5 unspecified atom stereocenters. The minimum absolute atomic E-state index is 0.145. The van der Waals surface area contributed by atoms with Crippen LogP contribution in [0.2, 0.25) is 0 Å². The summed E-state index contributed by atoms with van der Waals surface area (Å²) in [5.74, 6) is 0.493. The summed E-state index contributed by atoms with van der Waals surface area (Å²) in [5.41, 5.74) is 0. The smallest absolute Gasteiger partial charge is 0.153 e. The first-order chi connectivity index (χ1) is 8.06. The summed E-state index contributed by atoms with van der Waals surface area (Å²) in [6.07, 6.45) is 4.99. The lowest BCUT2D eigenvalue weighted by Crippen LogP contribution is -2.49. The molecule has 0 spiro atoms. The summed E-state index contributed by atoms with van der Waals surface area (Å²) in [5, 5.41) is 13.5. The summed E-state index contributed by atoms with van der Waals surface area (Å²) in [7, 11) is -2.87. The number of fused-ring (bicyclic) bond motifs is 2. The second-order valence-electron chi connectivity index (χ2n) is 5.88. The van der Waals surface area contributed by atoms with E-state index >= 15 is 0 Å². The molecule has 0 aromatic heterocycles. The monoisotopic (exact) mass is 259 g/mol. The van der Waals surface area contributed by atoms with Gasteiger partial charge in [-0.15, -0.1) is 0 Å². The quantitative estimate of drug-likeness (QED) is 0.756. The van der Waals surface area contributed by atoms with Crippen molar-refractivity contribution < 1.29 is 13.5 Å². The highest BCUT2D eigenvalue weighted by atomic mass is 32.2. The molecule has 5 heteroatoms. The maximum atomic E-state index is 11.8. The molecule has 3 rings (SSSR count). The van der Waals surface area contributed by atoms with Crippen LogP contribution in [0.15, 0.2) is 0 Å². The van der Waals surface area contributed by atoms with E-state index in [0.717, 1.165) is 32.1 Å². The van der Waals surface area contributed by atoms with E-state index in [1.165, 1.54) is 0 Å². The Bertz CT molecular complexity index is 395. The van der Waals surface area contributed by atoms with Gasteiger partial charge >= 0.3 is 0 Å². The fraction of sp³-hybridized carbons (Fsp3) is 1.00. The van der Waals surface area contributed by atoms with Crippen LogP contribution in [-0.2, 0) is 9.84 Å². The van der Waals surface area contributed by atoms with E-state index in [2.05, 4.69) is 5.32 Å². The Morgan fingerprint density at radius 3 is 2.76 bits per heavy atom. The maximum Gasteiger partial charge on any atom is 0.153 e. The number of aliphatic hydroxyl groups is 1. The molecule has 0 aliphatic carbocycles. The Balaban J connectivity index is 1.72. The fourth-order valence-electron chi connectivity index (χ4n) is 3.86. The molecular weight excluding hydrogens is 238 g/mol. The molecule has 98 valence electrons. The Kier molecular flexibility index (Phi) is 2.96. The van der Waals surface area contributed by atoms with Crippen molar-refractivity contribution in [2.75, 3.05) is 5.75 Å². The summed E-state index contributed by atoms with van der Waals surface area (Å²) in [4.78, 5) is 0. The largest absolute Gasteiger partial charge is 0.393 e. The van der Waals surface area contributed by atoms with Crippen LogP contribution >= 0.6 is 0 Å². The van der Waals surface area contributed by atoms with Crippen LogP contribution in [0.3, 0.4) is 0 Å². The van der Waals surface area contributed by atoms with Crippen molar-refractivity contribution in [1.29, 1.82) is 0 Å². The van der Waals surface area contributed by atoms with Gasteiger partial charge in [0.05, 0.1) is 17.1 Å². The Morgan fingerprint density at radius 1 is 1.24 bits per heavy atom. The van der Waals surface area contributed by atoms with Crippen molar-refractivity contribution in [2.24, 2.45) is 5.92 Å². The highest BCUT2D eigenvalue weighted by Gasteiger charge is 2.44. The number of sulfone groups is 1. The number of hydrogen-bond acceptors (Lipinski definition) is 4. The van der Waals surface area contributed by atoms with Gasteiger partial charge in [-0.1, -0.05) is 0 Å². The van der Waals surface area contributed by atoms with Crippen molar-refractivity contribution in [3.05, 3.63) is 0 Å². The lowest BCUT2D eigenvalue weighted by Gasteiger charge is -2.35. The standard InChI is InChI=1S/C12H21NO3S/c14-12-6-8-3-4-11(13-8)10(12)7-9-2-1-5-17(9,15)16/h8-14H,1-7H2. The second kappa shape index (κ2) is 4.21. The average Bonchev–Trinajstić information content (AvgIpc) is 2.78. The summed E-state index contributed by atoms with van der Waals surface area (Å²) >= 11 is 0. The lowest BCUT2D eigenvalue weighted by atomic mass is 9.85. The number of piperidine rings is 1. The van der Waals surface area contributed by atoms with E-state index in [1.54, 1.807) is 0 Å². The minimum Gasteiger partial charge on any atom is -0.393 e. The molecular formula is C12H21NO3S. The van der Waals surface area contributed by atoms with E-state index in [4.69, 9.17) is 0 Å². The van der Waals surface area contributed by atoms with Crippen LogP contribution in [0, 0.1) is 5.92 Å². The van der Waals surface area contributed by atoms with Gasteiger partial charge in [0.25, 0.3) is 0 Å². The third kappa shape index (κ3) is 2.13. The summed E-state index contributed by atoms with van der Waals surface area (Å²) < 4.78 is 23.7. The molecule has 0 saturated carbocycles.